The summed E-state index contributed by atoms with van der Waals surface area (Å²) >= 11 is 0. The number of hydrogen-bond acceptors (Lipinski definition) is 4. The number of nitrogens with one attached hydrogen (secondary N) is 2. The third-order valence-electron chi connectivity index (χ3n) is 4.64. The molecule has 0 spiro atoms. The van der Waals surface area contributed by atoms with Gasteiger partial charge in [-0.15, -0.1) is 0 Å². The minimum absolute atomic E-state index is 0.181. The molecule has 0 bridgehead atoms. The van der Waals surface area contributed by atoms with E-state index in [4.69, 9.17) is 9.15 Å². The Hall–Kier alpha value is -3.28. The molecule has 0 saturated heterocycles. The third kappa shape index (κ3) is 3.79. The molecule has 1 heterocycles. The predicted molar refractivity (Wildman–Crippen MR) is 101 cm³/mol. The van der Waals surface area contributed by atoms with Crippen LogP contribution in [0.5, 0.6) is 5.75 Å². The number of para-hydroxylation sites is 1. The lowest BCUT2D eigenvalue weighted by atomic mass is 10.1. The lowest BCUT2D eigenvalue weighted by molar-refractivity contribution is 0.0831. The van der Waals surface area contributed by atoms with Crippen molar-refractivity contribution in [2.75, 3.05) is 6.61 Å². The Morgan fingerprint density at radius 1 is 1.04 bits per heavy atom. The highest BCUT2D eigenvalue weighted by molar-refractivity contribution is 6.01. The topological polar surface area (TPSA) is 80.6 Å². The van der Waals surface area contributed by atoms with E-state index in [2.05, 4.69) is 10.9 Å². The first kappa shape index (κ1) is 17.1. The van der Waals surface area contributed by atoms with E-state index in [0.717, 1.165) is 23.3 Å². The summed E-state index contributed by atoms with van der Waals surface area (Å²) < 4.78 is 11.2. The Morgan fingerprint density at radius 3 is 2.44 bits per heavy atom. The largest absolute Gasteiger partial charge is 0.493 e. The van der Waals surface area contributed by atoms with Crippen LogP contribution in [0.4, 0.5) is 0 Å². The molecule has 27 heavy (non-hydrogen) atoms. The van der Waals surface area contributed by atoms with Gasteiger partial charge in [0.05, 0.1) is 6.61 Å². The third-order valence-corrected chi connectivity index (χ3v) is 4.64. The van der Waals surface area contributed by atoms with E-state index in [9.17, 15) is 9.59 Å². The molecule has 6 heteroatoms. The number of furan rings is 1. The number of fused-ring (bicyclic) bond motifs is 1. The number of aryl methyl sites for hydroxylation is 1. The molecule has 6 nitrogen and oxygen atoms in total. The Kier molecular flexibility index (Phi) is 4.54. The average Bonchev–Trinajstić information content (AvgIpc) is 3.47. The quantitative estimate of drug-likeness (QED) is 0.678. The van der Waals surface area contributed by atoms with E-state index in [-0.39, 0.29) is 5.76 Å². The van der Waals surface area contributed by atoms with E-state index in [1.54, 1.807) is 30.3 Å². The van der Waals surface area contributed by atoms with Crippen LogP contribution >= 0.6 is 0 Å². The zero-order valence-electron chi connectivity index (χ0n) is 15.0. The van der Waals surface area contributed by atoms with Crippen LogP contribution in [0.2, 0.25) is 0 Å². The summed E-state index contributed by atoms with van der Waals surface area (Å²) in [6, 6.07) is 14.2. The normalized spacial score (nSPS) is 13.4. The fraction of sp³-hybridized carbons (Fsp3) is 0.238. The number of ether oxygens (including phenoxy) is 1. The number of carbonyl (C=O) groups excluding carboxylic acids is 2. The van der Waals surface area contributed by atoms with E-state index in [1.807, 2.05) is 25.1 Å². The fourth-order valence-electron chi connectivity index (χ4n) is 2.83. The van der Waals surface area contributed by atoms with Crippen molar-refractivity contribution in [1.29, 1.82) is 0 Å². The minimum atomic E-state index is -0.499. The van der Waals surface area contributed by atoms with Gasteiger partial charge in [-0.25, -0.2) is 0 Å². The van der Waals surface area contributed by atoms with Crippen molar-refractivity contribution in [1.82, 2.24) is 10.9 Å². The molecular formula is C21H20N2O4. The monoisotopic (exact) mass is 364 g/mol. The molecule has 1 saturated carbocycles. The van der Waals surface area contributed by atoms with Crippen LogP contribution in [0.1, 0.15) is 39.3 Å². The Labute approximate surface area is 156 Å². The molecule has 2 amide bonds. The number of hydrogen-bond donors (Lipinski definition) is 2. The lowest BCUT2D eigenvalue weighted by Crippen LogP contribution is -2.41. The van der Waals surface area contributed by atoms with Crippen molar-refractivity contribution in [2.45, 2.75) is 19.8 Å². The van der Waals surface area contributed by atoms with E-state index >= 15 is 0 Å². The molecule has 0 atom stereocenters. The van der Waals surface area contributed by atoms with Crippen LogP contribution in [0.25, 0.3) is 11.0 Å². The molecule has 0 unspecified atom stereocenters. The van der Waals surface area contributed by atoms with Gasteiger partial charge < -0.3 is 9.15 Å². The molecule has 0 aliphatic heterocycles. The number of carbonyl (C=O) groups is 2. The highest BCUT2D eigenvalue weighted by Gasteiger charge is 2.22. The molecule has 4 rings (SSSR count). The molecule has 0 radical (unpaired) electrons. The molecule has 3 aromatic rings. The van der Waals surface area contributed by atoms with Gasteiger partial charge >= 0.3 is 5.91 Å². The summed E-state index contributed by atoms with van der Waals surface area (Å²) in [4.78, 5) is 24.6. The van der Waals surface area contributed by atoms with Crippen LogP contribution in [0.15, 0.2) is 52.9 Å². The summed E-state index contributed by atoms with van der Waals surface area (Å²) in [5.74, 6) is 0.679. The standard InChI is InChI=1S/C21H20N2O4/c1-13-17-4-2-3-5-18(17)27-19(13)21(25)23-22-20(24)15-8-10-16(11-9-15)26-12-14-6-7-14/h2-5,8-11,14H,6-7,12H2,1H3,(H,22,24)(H,23,25). The maximum absolute atomic E-state index is 12.3. The summed E-state index contributed by atoms with van der Waals surface area (Å²) in [7, 11) is 0. The van der Waals surface area contributed by atoms with Crippen LogP contribution in [0, 0.1) is 12.8 Å². The van der Waals surface area contributed by atoms with Crippen molar-refractivity contribution in [2.24, 2.45) is 5.92 Å². The number of amides is 2. The lowest BCUT2D eigenvalue weighted by Gasteiger charge is -2.08. The maximum atomic E-state index is 12.3. The van der Waals surface area contributed by atoms with E-state index in [0.29, 0.717) is 17.1 Å². The van der Waals surface area contributed by atoms with Crippen molar-refractivity contribution < 1.29 is 18.7 Å². The molecule has 2 aromatic carbocycles. The summed E-state index contributed by atoms with van der Waals surface area (Å²) in [5.41, 5.74) is 6.60. The highest BCUT2D eigenvalue weighted by Crippen LogP contribution is 2.29. The molecular weight excluding hydrogens is 344 g/mol. The number of benzene rings is 2. The SMILES string of the molecule is Cc1c(C(=O)NNC(=O)c2ccc(OCC3CC3)cc2)oc2ccccc12. The van der Waals surface area contributed by atoms with E-state index in [1.165, 1.54) is 12.8 Å². The van der Waals surface area contributed by atoms with Crippen molar-refractivity contribution in [3.05, 3.63) is 65.4 Å². The second-order valence-electron chi connectivity index (χ2n) is 6.74. The van der Waals surface area contributed by atoms with Crippen molar-refractivity contribution in [3.8, 4) is 5.75 Å². The number of hydrazine groups is 1. The van der Waals surface area contributed by atoms with Gasteiger partial charge in [0.2, 0.25) is 0 Å². The maximum Gasteiger partial charge on any atom is 0.305 e. The van der Waals surface area contributed by atoms with Crippen LogP contribution in [-0.4, -0.2) is 18.4 Å². The number of rotatable bonds is 5. The highest BCUT2D eigenvalue weighted by atomic mass is 16.5. The first-order valence-corrected chi connectivity index (χ1v) is 8.93. The second-order valence-corrected chi connectivity index (χ2v) is 6.74. The van der Waals surface area contributed by atoms with Gasteiger partial charge in [-0.1, -0.05) is 18.2 Å². The summed E-state index contributed by atoms with van der Waals surface area (Å²) in [5, 5.41) is 0.871. The first-order valence-electron chi connectivity index (χ1n) is 8.93. The van der Waals surface area contributed by atoms with Gasteiger partial charge in [-0.3, -0.25) is 20.4 Å². The zero-order chi connectivity index (χ0) is 18.8. The van der Waals surface area contributed by atoms with Crippen LogP contribution in [-0.2, 0) is 0 Å². The van der Waals surface area contributed by atoms with Gasteiger partial charge in [0.15, 0.2) is 5.76 Å². The minimum Gasteiger partial charge on any atom is -0.493 e. The Bertz CT molecular complexity index is 987. The first-order chi connectivity index (χ1) is 13.1. The van der Waals surface area contributed by atoms with Crippen LogP contribution in [0.3, 0.4) is 0 Å². The fourth-order valence-corrected chi connectivity index (χ4v) is 2.83. The Balaban J connectivity index is 1.36. The molecule has 2 N–H and O–H groups in total. The predicted octanol–water partition coefficient (Wildman–Crippen LogP) is 3.60. The molecule has 138 valence electrons. The molecule has 1 aromatic heterocycles. The second kappa shape index (κ2) is 7.15. The van der Waals surface area contributed by atoms with Gasteiger partial charge in [-0.2, -0.15) is 0 Å². The summed E-state index contributed by atoms with van der Waals surface area (Å²) in [6.45, 7) is 2.53. The van der Waals surface area contributed by atoms with Gasteiger partial charge in [0, 0.05) is 16.5 Å². The van der Waals surface area contributed by atoms with Gasteiger partial charge in [-0.05, 0) is 56.0 Å². The average molecular weight is 364 g/mol. The Morgan fingerprint density at radius 2 is 1.74 bits per heavy atom. The van der Waals surface area contributed by atoms with Crippen LogP contribution < -0.4 is 15.6 Å². The van der Waals surface area contributed by atoms with Gasteiger partial charge in [0.25, 0.3) is 5.91 Å². The van der Waals surface area contributed by atoms with E-state index < -0.39 is 11.8 Å². The molecule has 1 fully saturated rings. The smallest absolute Gasteiger partial charge is 0.305 e. The summed E-state index contributed by atoms with van der Waals surface area (Å²) in [6.07, 6.45) is 2.45. The van der Waals surface area contributed by atoms with Gasteiger partial charge in [0.1, 0.15) is 11.3 Å². The molecule has 1 aliphatic rings. The zero-order valence-corrected chi connectivity index (χ0v) is 15.0. The molecule has 1 aliphatic carbocycles. The van der Waals surface area contributed by atoms with Crippen molar-refractivity contribution >= 4 is 22.8 Å². The van der Waals surface area contributed by atoms with Crippen molar-refractivity contribution in [3.63, 3.8) is 0 Å².